The van der Waals surface area contributed by atoms with Crippen LogP contribution < -0.4 is 15.6 Å². The quantitative estimate of drug-likeness (QED) is 0.568. The predicted molar refractivity (Wildman–Crippen MR) is 108 cm³/mol. The van der Waals surface area contributed by atoms with Crippen LogP contribution in [0.3, 0.4) is 0 Å². The van der Waals surface area contributed by atoms with Gasteiger partial charge in [-0.3, -0.25) is 14.6 Å². The number of rotatable bonds is 4. The average Bonchev–Trinajstić information content (AvgIpc) is 3.01. The van der Waals surface area contributed by atoms with Crippen LogP contribution in [0.2, 0.25) is 0 Å². The molecule has 0 saturated carbocycles. The highest BCUT2D eigenvalue weighted by Crippen LogP contribution is 2.26. The summed E-state index contributed by atoms with van der Waals surface area (Å²) in [5.41, 5.74) is 3.03. The maximum atomic E-state index is 12.4. The third-order valence-corrected chi connectivity index (χ3v) is 4.49. The first kappa shape index (κ1) is 17.7. The van der Waals surface area contributed by atoms with Gasteiger partial charge in [0.15, 0.2) is 0 Å². The smallest absolute Gasteiger partial charge is 0.273 e. The van der Waals surface area contributed by atoms with Crippen LogP contribution in [0.4, 0.5) is 11.6 Å². The Hall–Kier alpha value is -3.68. The molecule has 0 bridgehead atoms. The Bertz CT molecular complexity index is 1220. The number of anilines is 2. The van der Waals surface area contributed by atoms with E-state index < -0.39 is 0 Å². The maximum Gasteiger partial charge on any atom is 0.273 e. The van der Waals surface area contributed by atoms with Crippen molar-refractivity contribution in [3.05, 3.63) is 64.0 Å². The molecule has 3 aromatic heterocycles. The number of nitrogens with one attached hydrogen (secondary N) is 2. The van der Waals surface area contributed by atoms with Gasteiger partial charge in [0.1, 0.15) is 23.2 Å². The van der Waals surface area contributed by atoms with Crippen molar-refractivity contribution in [1.29, 1.82) is 0 Å². The summed E-state index contributed by atoms with van der Waals surface area (Å²) in [6.07, 6.45) is 1.57. The van der Waals surface area contributed by atoms with E-state index in [1.54, 1.807) is 18.0 Å². The van der Waals surface area contributed by atoms with Crippen molar-refractivity contribution in [2.45, 2.75) is 20.8 Å². The molecule has 142 valence electrons. The number of benzene rings is 1. The summed E-state index contributed by atoms with van der Waals surface area (Å²) in [7, 11) is 1.61. The van der Waals surface area contributed by atoms with Crippen molar-refractivity contribution < 1.29 is 4.74 Å². The second-order valence-electron chi connectivity index (χ2n) is 6.54. The van der Waals surface area contributed by atoms with Crippen molar-refractivity contribution in [1.82, 2.24) is 24.7 Å². The molecule has 0 spiro atoms. The van der Waals surface area contributed by atoms with E-state index in [1.165, 1.54) is 0 Å². The molecule has 0 saturated heterocycles. The van der Waals surface area contributed by atoms with E-state index >= 15 is 0 Å². The third kappa shape index (κ3) is 3.09. The zero-order valence-corrected chi connectivity index (χ0v) is 16.1. The molecule has 3 heterocycles. The molecule has 0 unspecified atom stereocenters. The lowest BCUT2D eigenvalue weighted by atomic mass is 10.2. The fourth-order valence-corrected chi connectivity index (χ4v) is 3.24. The number of hydrogen-bond acceptors (Lipinski definition) is 6. The topological polar surface area (TPSA) is 97.7 Å². The molecule has 2 N–H and O–H groups in total. The molecule has 0 fully saturated rings. The summed E-state index contributed by atoms with van der Waals surface area (Å²) < 4.78 is 7.06. The fourth-order valence-electron chi connectivity index (χ4n) is 3.24. The van der Waals surface area contributed by atoms with Gasteiger partial charge < -0.3 is 10.1 Å². The largest absolute Gasteiger partial charge is 0.497 e. The molecule has 0 radical (unpaired) electrons. The van der Waals surface area contributed by atoms with Crippen LogP contribution in [0, 0.1) is 20.8 Å². The molecular formula is C20H20N6O2. The van der Waals surface area contributed by atoms with Gasteiger partial charge in [0.2, 0.25) is 0 Å². The normalized spacial score (nSPS) is 11.0. The first-order valence-electron chi connectivity index (χ1n) is 8.80. The zero-order chi connectivity index (χ0) is 19.8. The summed E-state index contributed by atoms with van der Waals surface area (Å²) in [6.45, 7) is 5.67. The number of ether oxygens (including phenoxy) is 1. The third-order valence-electron chi connectivity index (χ3n) is 4.49. The number of hydrogen-bond donors (Lipinski definition) is 2. The van der Waals surface area contributed by atoms with E-state index in [0.717, 1.165) is 22.5 Å². The standard InChI is InChI=1S/C20H20N6O2/c1-11-8-17(23-13(3)22-11)24-19-12(2)18-16(10-21-19)20(27)25-26(18)14-6-5-7-15(9-14)28-4/h5-10H,1-4H3,(H,25,27)(H,21,22,23,24). The molecule has 28 heavy (non-hydrogen) atoms. The van der Waals surface area contributed by atoms with Crippen LogP contribution in [0.1, 0.15) is 17.1 Å². The fraction of sp³-hybridized carbons (Fsp3) is 0.200. The SMILES string of the molecule is COc1cccc(-n2[nH]c(=O)c3cnc(Nc4cc(C)nc(C)n4)c(C)c32)c1. The van der Waals surface area contributed by atoms with Crippen LogP contribution in [0.25, 0.3) is 16.6 Å². The molecule has 1 aromatic carbocycles. The van der Waals surface area contributed by atoms with Crippen LogP contribution in [-0.4, -0.2) is 31.8 Å². The molecule has 0 aliphatic heterocycles. The van der Waals surface area contributed by atoms with Crippen LogP contribution in [0.15, 0.2) is 41.3 Å². The Kier molecular flexibility index (Phi) is 4.31. The highest BCUT2D eigenvalue weighted by atomic mass is 16.5. The lowest BCUT2D eigenvalue weighted by Gasteiger charge is -2.12. The minimum Gasteiger partial charge on any atom is -0.497 e. The predicted octanol–water partition coefficient (Wildman–Crippen LogP) is 3.18. The van der Waals surface area contributed by atoms with Crippen molar-refractivity contribution >= 4 is 22.5 Å². The van der Waals surface area contributed by atoms with E-state index in [4.69, 9.17) is 4.74 Å². The molecule has 4 rings (SSSR count). The Morgan fingerprint density at radius 2 is 1.96 bits per heavy atom. The molecular weight excluding hydrogens is 356 g/mol. The average molecular weight is 376 g/mol. The van der Waals surface area contributed by atoms with Gasteiger partial charge in [-0.25, -0.2) is 15.0 Å². The Morgan fingerprint density at radius 3 is 2.71 bits per heavy atom. The first-order chi connectivity index (χ1) is 13.5. The monoisotopic (exact) mass is 376 g/mol. The molecule has 4 aromatic rings. The van der Waals surface area contributed by atoms with Gasteiger partial charge >= 0.3 is 0 Å². The van der Waals surface area contributed by atoms with Crippen LogP contribution in [0.5, 0.6) is 5.75 Å². The van der Waals surface area contributed by atoms with Crippen LogP contribution >= 0.6 is 0 Å². The number of fused-ring (bicyclic) bond motifs is 1. The van der Waals surface area contributed by atoms with Gasteiger partial charge in [0, 0.05) is 29.6 Å². The Labute approximate surface area is 161 Å². The lowest BCUT2D eigenvalue weighted by molar-refractivity contribution is 0.414. The molecule has 0 atom stereocenters. The van der Waals surface area contributed by atoms with E-state index in [2.05, 4.69) is 25.4 Å². The summed E-state index contributed by atoms with van der Waals surface area (Å²) in [5, 5.41) is 6.64. The maximum absolute atomic E-state index is 12.4. The highest BCUT2D eigenvalue weighted by molar-refractivity contribution is 5.86. The summed E-state index contributed by atoms with van der Waals surface area (Å²) in [6, 6.07) is 9.35. The van der Waals surface area contributed by atoms with Crippen molar-refractivity contribution in [2.24, 2.45) is 0 Å². The van der Waals surface area contributed by atoms with Crippen molar-refractivity contribution in [3.63, 3.8) is 0 Å². The van der Waals surface area contributed by atoms with Gasteiger partial charge in [-0.2, -0.15) is 0 Å². The van der Waals surface area contributed by atoms with Gasteiger partial charge in [-0.15, -0.1) is 0 Å². The second-order valence-corrected chi connectivity index (χ2v) is 6.54. The minimum atomic E-state index is -0.200. The Morgan fingerprint density at radius 1 is 1.14 bits per heavy atom. The summed E-state index contributed by atoms with van der Waals surface area (Å²) in [4.78, 5) is 25.6. The summed E-state index contributed by atoms with van der Waals surface area (Å²) >= 11 is 0. The van der Waals surface area contributed by atoms with Crippen molar-refractivity contribution in [3.8, 4) is 11.4 Å². The summed E-state index contributed by atoms with van der Waals surface area (Å²) in [5.74, 6) is 2.67. The van der Waals surface area contributed by atoms with E-state index in [0.29, 0.717) is 28.6 Å². The molecule has 0 aliphatic rings. The number of pyridine rings is 1. The number of aromatic nitrogens is 5. The number of methoxy groups -OCH3 is 1. The molecule has 8 nitrogen and oxygen atoms in total. The van der Waals surface area contributed by atoms with Gasteiger partial charge in [0.25, 0.3) is 5.56 Å². The van der Waals surface area contributed by atoms with Gasteiger partial charge in [0.05, 0.1) is 23.7 Å². The van der Waals surface area contributed by atoms with Gasteiger partial charge in [-0.1, -0.05) is 6.07 Å². The number of aromatic amines is 1. The number of H-pyrrole nitrogens is 1. The van der Waals surface area contributed by atoms with Crippen molar-refractivity contribution in [2.75, 3.05) is 12.4 Å². The molecule has 8 heteroatoms. The first-order valence-corrected chi connectivity index (χ1v) is 8.80. The zero-order valence-electron chi connectivity index (χ0n) is 16.1. The Balaban J connectivity index is 1.87. The second kappa shape index (κ2) is 6.80. The van der Waals surface area contributed by atoms with Gasteiger partial charge in [-0.05, 0) is 32.9 Å². The minimum absolute atomic E-state index is 0.200. The molecule has 0 amide bonds. The number of aryl methyl sites for hydroxylation is 3. The number of nitrogens with zero attached hydrogens (tertiary/aromatic N) is 4. The molecule has 0 aliphatic carbocycles. The highest BCUT2D eigenvalue weighted by Gasteiger charge is 2.15. The van der Waals surface area contributed by atoms with Crippen LogP contribution in [-0.2, 0) is 0 Å². The van der Waals surface area contributed by atoms with E-state index in [9.17, 15) is 4.79 Å². The lowest BCUT2D eigenvalue weighted by Crippen LogP contribution is -2.04. The van der Waals surface area contributed by atoms with E-state index in [-0.39, 0.29) is 5.56 Å². The van der Waals surface area contributed by atoms with E-state index in [1.807, 2.05) is 51.1 Å².